The fraction of sp³-hybridized carbons (Fsp3) is 0.407. The van der Waals surface area contributed by atoms with E-state index < -0.39 is 0 Å². The molecule has 2 N–H and O–H groups in total. The van der Waals surface area contributed by atoms with E-state index in [0.29, 0.717) is 25.3 Å². The van der Waals surface area contributed by atoms with E-state index in [-0.39, 0.29) is 23.7 Å². The molecule has 2 amide bonds. The van der Waals surface area contributed by atoms with Gasteiger partial charge in [0.1, 0.15) is 11.4 Å². The number of aromatic nitrogens is 1. The van der Waals surface area contributed by atoms with Crippen LogP contribution in [0.25, 0.3) is 10.9 Å². The third-order valence-electron chi connectivity index (χ3n) is 6.93. The number of anilines is 1. The second-order valence-electron chi connectivity index (χ2n) is 9.33. The summed E-state index contributed by atoms with van der Waals surface area (Å²) < 4.78 is 5.27. The Morgan fingerprint density at radius 2 is 1.82 bits per heavy atom. The molecule has 0 aliphatic carbocycles. The maximum absolute atomic E-state index is 13.0. The van der Waals surface area contributed by atoms with Gasteiger partial charge in [-0.1, -0.05) is 19.1 Å². The molecule has 7 nitrogen and oxygen atoms in total. The van der Waals surface area contributed by atoms with Crippen molar-refractivity contribution in [3.8, 4) is 5.75 Å². The number of H-pyrrole nitrogens is 1. The molecule has 2 aromatic carbocycles. The summed E-state index contributed by atoms with van der Waals surface area (Å²) in [6.07, 6.45) is 1.65. The number of hydrogen-bond acceptors (Lipinski definition) is 4. The highest BCUT2D eigenvalue weighted by Crippen LogP contribution is 2.27. The zero-order valence-electron chi connectivity index (χ0n) is 20.4. The van der Waals surface area contributed by atoms with Crippen LogP contribution < -0.4 is 15.0 Å². The Morgan fingerprint density at radius 3 is 2.47 bits per heavy atom. The molecule has 4 rings (SSSR count). The van der Waals surface area contributed by atoms with Crippen LogP contribution in [0.15, 0.2) is 48.5 Å². The number of benzene rings is 2. The van der Waals surface area contributed by atoms with Crippen LogP contribution in [-0.2, 0) is 11.3 Å². The van der Waals surface area contributed by atoms with Crippen molar-refractivity contribution in [2.45, 2.75) is 26.3 Å². The lowest BCUT2D eigenvalue weighted by Gasteiger charge is -2.34. The summed E-state index contributed by atoms with van der Waals surface area (Å²) in [4.78, 5) is 33.0. The maximum atomic E-state index is 13.0. The molecule has 0 saturated carbocycles. The lowest BCUT2D eigenvalue weighted by atomic mass is 9.84. The number of nitrogens with zero attached hydrogens (tertiary/aromatic N) is 2. The van der Waals surface area contributed by atoms with Crippen LogP contribution in [0.1, 0.15) is 35.8 Å². The normalized spacial score (nSPS) is 15.2. The number of rotatable bonds is 7. The number of amides is 2. The smallest absolute Gasteiger partial charge is 0.270 e. The van der Waals surface area contributed by atoms with E-state index >= 15 is 0 Å². The number of methoxy groups -OCH3 is 1. The first-order valence-corrected chi connectivity index (χ1v) is 11.9. The summed E-state index contributed by atoms with van der Waals surface area (Å²) in [6.45, 7) is 3.84. The number of nitrogens with one attached hydrogen (secondary N) is 2. The topological polar surface area (TPSA) is 77.7 Å². The van der Waals surface area contributed by atoms with Crippen molar-refractivity contribution < 1.29 is 14.3 Å². The number of ether oxygens (including phenoxy) is 1. The molecule has 2 heterocycles. The van der Waals surface area contributed by atoms with Gasteiger partial charge in [-0.2, -0.15) is 0 Å². The van der Waals surface area contributed by atoms with Gasteiger partial charge in [-0.25, -0.2) is 0 Å². The van der Waals surface area contributed by atoms with Gasteiger partial charge in [0.15, 0.2) is 0 Å². The monoisotopic (exact) mass is 462 g/mol. The highest BCUT2D eigenvalue weighted by atomic mass is 16.5. The van der Waals surface area contributed by atoms with Crippen molar-refractivity contribution in [2.75, 3.05) is 39.2 Å². The molecule has 1 aliphatic heterocycles. The molecule has 1 atom stereocenters. The van der Waals surface area contributed by atoms with Crippen LogP contribution in [0.5, 0.6) is 5.75 Å². The molecular formula is C27H34N4O3. The number of carbonyl (C=O) groups is 2. The van der Waals surface area contributed by atoms with Crippen molar-refractivity contribution in [1.82, 2.24) is 15.2 Å². The Morgan fingerprint density at radius 1 is 1.12 bits per heavy atom. The third kappa shape index (κ3) is 5.19. The largest absolute Gasteiger partial charge is 0.497 e. The fourth-order valence-electron chi connectivity index (χ4n) is 4.60. The second kappa shape index (κ2) is 10.2. The van der Waals surface area contributed by atoms with Crippen molar-refractivity contribution in [3.63, 3.8) is 0 Å². The molecule has 0 radical (unpaired) electrons. The molecule has 1 saturated heterocycles. The Labute approximate surface area is 201 Å². The average Bonchev–Trinajstić information content (AvgIpc) is 3.30. The van der Waals surface area contributed by atoms with Crippen LogP contribution >= 0.6 is 0 Å². The van der Waals surface area contributed by atoms with Crippen molar-refractivity contribution in [3.05, 3.63) is 59.8 Å². The van der Waals surface area contributed by atoms with Gasteiger partial charge in [-0.05, 0) is 54.7 Å². The van der Waals surface area contributed by atoms with Crippen LogP contribution in [0.2, 0.25) is 0 Å². The standard InChI is InChI=1S/C27H34N4O3/c1-18(26(32)28-17-19-5-8-22(9-6-19)30(2)3)20-11-13-31(14-12-20)27(33)25-15-21-7-10-23(34-4)16-24(21)29-25/h5-10,15-16,18,20,29H,11-14,17H2,1-4H3,(H,28,32)/t18-/m0/s1. The van der Waals surface area contributed by atoms with Gasteiger partial charge in [0, 0.05) is 62.3 Å². The number of carbonyl (C=O) groups excluding carboxylic acids is 2. The molecular weight excluding hydrogens is 428 g/mol. The summed E-state index contributed by atoms with van der Waals surface area (Å²) in [6, 6.07) is 15.8. The minimum absolute atomic E-state index is 0.00638. The minimum Gasteiger partial charge on any atom is -0.497 e. The van der Waals surface area contributed by atoms with Crippen LogP contribution in [0.4, 0.5) is 5.69 Å². The zero-order chi connectivity index (χ0) is 24.2. The third-order valence-corrected chi connectivity index (χ3v) is 6.93. The number of fused-ring (bicyclic) bond motifs is 1. The van der Waals surface area contributed by atoms with E-state index in [1.54, 1.807) is 7.11 Å². The van der Waals surface area contributed by atoms with Gasteiger partial charge in [-0.15, -0.1) is 0 Å². The number of piperidine rings is 1. The summed E-state index contributed by atoms with van der Waals surface area (Å²) in [5.74, 6) is 1.02. The molecule has 1 aromatic heterocycles. The minimum atomic E-state index is -0.0844. The van der Waals surface area contributed by atoms with E-state index in [0.717, 1.165) is 40.7 Å². The summed E-state index contributed by atoms with van der Waals surface area (Å²) >= 11 is 0. The molecule has 0 unspecified atom stereocenters. The van der Waals surface area contributed by atoms with E-state index in [1.165, 1.54) is 0 Å². The highest BCUT2D eigenvalue weighted by molar-refractivity contribution is 5.98. The summed E-state index contributed by atoms with van der Waals surface area (Å²) in [5, 5.41) is 4.07. The van der Waals surface area contributed by atoms with Crippen molar-refractivity contribution in [1.29, 1.82) is 0 Å². The number of likely N-dealkylation sites (tertiary alicyclic amines) is 1. The quantitative estimate of drug-likeness (QED) is 0.555. The second-order valence-corrected chi connectivity index (χ2v) is 9.33. The molecule has 7 heteroatoms. The highest BCUT2D eigenvalue weighted by Gasteiger charge is 2.30. The van der Waals surface area contributed by atoms with Gasteiger partial charge in [0.25, 0.3) is 5.91 Å². The predicted octanol–water partition coefficient (Wildman–Crippen LogP) is 4.05. The molecule has 180 valence electrons. The van der Waals surface area contributed by atoms with Crippen molar-refractivity contribution >= 4 is 28.4 Å². The van der Waals surface area contributed by atoms with Crippen LogP contribution in [0.3, 0.4) is 0 Å². The average molecular weight is 463 g/mol. The van der Waals surface area contributed by atoms with Crippen LogP contribution in [-0.4, -0.2) is 56.0 Å². The van der Waals surface area contributed by atoms with Gasteiger partial charge in [-0.3, -0.25) is 9.59 Å². The Balaban J connectivity index is 1.28. The van der Waals surface area contributed by atoms with Gasteiger partial charge < -0.3 is 24.8 Å². The first-order valence-electron chi connectivity index (χ1n) is 11.9. The Hall–Kier alpha value is -3.48. The molecule has 3 aromatic rings. The molecule has 1 fully saturated rings. The maximum Gasteiger partial charge on any atom is 0.270 e. The predicted molar refractivity (Wildman–Crippen MR) is 135 cm³/mol. The summed E-state index contributed by atoms with van der Waals surface area (Å²) in [7, 11) is 5.65. The SMILES string of the molecule is COc1ccc2cc(C(=O)N3CCC([C@H](C)C(=O)NCc4ccc(N(C)C)cc4)CC3)[nH]c2c1. The first-order chi connectivity index (χ1) is 16.4. The van der Waals surface area contributed by atoms with Crippen LogP contribution in [0, 0.1) is 11.8 Å². The fourth-order valence-corrected chi connectivity index (χ4v) is 4.60. The lowest BCUT2D eigenvalue weighted by Crippen LogP contribution is -2.42. The Bertz CT molecular complexity index is 1140. The van der Waals surface area contributed by atoms with E-state index in [9.17, 15) is 9.59 Å². The number of hydrogen-bond donors (Lipinski definition) is 2. The summed E-state index contributed by atoms with van der Waals surface area (Å²) in [5.41, 5.74) is 3.70. The molecule has 1 aliphatic rings. The van der Waals surface area contributed by atoms with Gasteiger partial charge >= 0.3 is 0 Å². The van der Waals surface area contributed by atoms with E-state index in [1.807, 2.05) is 62.3 Å². The molecule has 0 bridgehead atoms. The number of aromatic amines is 1. The van der Waals surface area contributed by atoms with Crippen molar-refractivity contribution in [2.24, 2.45) is 11.8 Å². The van der Waals surface area contributed by atoms with E-state index in [2.05, 4.69) is 27.3 Å². The Kier molecular flexibility index (Phi) is 7.10. The first kappa shape index (κ1) is 23.7. The molecule has 0 spiro atoms. The van der Waals surface area contributed by atoms with E-state index in [4.69, 9.17) is 4.74 Å². The van der Waals surface area contributed by atoms with Gasteiger partial charge in [0.2, 0.25) is 5.91 Å². The zero-order valence-corrected chi connectivity index (χ0v) is 20.4. The lowest BCUT2D eigenvalue weighted by molar-refractivity contribution is -0.126. The molecule has 34 heavy (non-hydrogen) atoms. The van der Waals surface area contributed by atoms with Gasteiger partial charge in [0.05, 0.1) is 7.11 Å².